The summed E-state index contributed by atoms with van der Waals surface area (Å²) in [7, 11) is 0. The summed E-state index contributed by atoms with van der Waals surface area (Å²) in [6.45, 7) is 6.34. The molecule has 108 valence electrons. The molecule has 0 spiro atoms. The number of benzene rings is 1. The molecule has 0 radical (unpaired) electrons. The minimum Gasteiger partial charge on any atom is -0.508 e. The summed E-state index contributed by atoms with van der Waals surface area (Å²) in [6, 6.07) is 4.78. The first kappa shape index (κ1) is 16.0. The molecule has 0 aromatic heterocycles. The van der Waals surface area contributed by atoms with Crippen LogP contribution in [0.2, 0.25) is 0 Å². The highest BCUT2D eigenvalue weighted by molar-refractivity contribution is 5.29. The van der Waals surface area contributed by atoms with Crippen LogP contribution < -0.4 is 5.32 Å². The zero-order valence-electron chi connectivity index (χ0n) is 12.2. The van der Waals surface area contributed by atoms with Gasteiger partial charge in [-0.05, 0) is 25.8 Å². The van der Waals surface area contributed by atoms with E-state index >= 15 is 0 Å². The summed E-state index contributed by atoms with van der Waals surface area (Å²) in [6.07, 6.45) is 5.76. The van der Waals surface area contributed by atoms with Crippen molar-refractivity contribution in [3.63, 3.8) is 0 Å². The van der Waals surface area contributed by atoms with E-state index in [2.05, 4.69) is 19.2 Å². The van der Waals surface area contributed by atoms with Gasteiger partial charge in [-0.2, -0.15) is 0 Å². The monoisotopic (exact) mass is 267 g/mol. The Morgan fingerprint density at radius 1 is 1.21 bits per heavy atom. The van der Waals surface area contributed by atoms with Gasteiger partial charge in [0.25, 0.3) is 0 Å². The fourth-order valence-electron chi connectivity index (χ4n) is 2.42. The van der Waals surface area contributed by atoms with Crippen LogP contribution in [0.3, 0.4) is 0 Å². The molecule has 1 aromatic carbocycles. The van der Waals surface area contributed by atoms with Crippen molar-refractivity contribution < 1.29 is 9.50 Å². The molecule has 19 heavy (non-hydrogen) atoms. The zero-order chi connectivity index (χ0) is 14.3. The van der Waals surface area contributed by atoms with Crippen LogP contribution >= 0.6 is 0 Å². The lowest BCUT2D eigenvalue weighted by atomic mass is 10.0. The van der Waals surface area contributed by atoms with Gasteiger partial charge >= 0.3 is 0 Å². The predicted octanol–water partition coefficient (Wildman–Crippen LogP) is 4.54. The average Bonchev–Trinajstić information content (AvgIpc) is 2.36. The zero-order valence-corrected chi connectivity index (χ0v) is 12.2. The first-order valence-electron chi connectivity index (χ1n) is 7.32. The standard InChI is InChI=1S/C16H26FNO/c1-4-6-8-13(7-5-2)18-12(3)15-10-9-14(19)11-16(15)17/h9-13,18-19H,4-8H2,1-3H3. The number of phenolic OH excluding ortho intramolecular Hbond substituents is 1. The highest BCUT2D eigenvalue weighted by Gasteiger charge is 2.15. The summed E-state index contributed by atoms with van der Waals surface area (Å²) in [5.74, 6) is -0.365. The third-order valence-corrected chi connectivity index (χ3v) is 3.48. The van der Waals surface area contributed by atoms with Crippen molar-refractivity contribution >= 4 is 0 Å². The third-order valence-electron chi connectivity index (χ3n) is 3.48. The van der Waals surface area contributed by atoms with Crippen LogP contribution in [0.1, 0.15) is 64.5 Å². The molecule has 0 aliphatic heterocycles. The smallest absolute Gasteiger partial charge is 0.131 e. The minimum absolute atomic E-state index is 0.0236. The second-order valence-corrected chi connectivity index (χ2v) is 5.22. The lowest BCUT2D eigenvalue weighted by Crippen LogP contribution is -2.31. The van der Waals surface area contributed by atoms with Gasteiger partial charge in [-0.15, -0.1) is 0 Å². The van der Waals surface area contributed by atoms with E-state index in [0.717, 1.165) is 19.3 Å². The second-order valence-electron chi connectivity index (χ2n) is 5.22. The van der Waals surface area contributed by atoms with E-state index in [1.165, 1.54) is 25.0 Å². The maximum atomic E-state index is 13.8. The van der Waals surface area contributed by atoms with Crippen molar-refractivity contribution in [2.45, 2.75) is 65.0 Å². The largest absolute Gasteiger partial charge is 0.508 e. The van der Waals surface area contributed by atoms with Crippen molar-refractivity contribution in [3.8, 4) is 5.75 Å². The molecular weight excluding hydrogens is 241 g/mol. The maximum absolute atomic E-state index is 13.8. The topological polar surface area (TPSA) is 32.3 Å². The van der Waals surface area contributed by atoms with Gasteiger partial charge in [-0.1, -0.05) is 39.2 Å². The molecule has 0 aliphatic rings. The van der Waals surface area contributed by atoms with Gasteiger partial charge in [0.2, 0.25) is 0 Å². The van der Waals surface area contributed by atoms with Crippen LogP contribution in [0, 0.1) is 5.82 Å². The number of halogens is 1. The molecule has 0 amide bonds. The van der Waals surface area contributed by atoms with E-state index in [-0.39, 0.29) is 17.6 Å². The molecular formula is C16H26FNO. The van der Waals surface area contributed by atoms with Crippen molar-refractivity contribution in [3.05, 3.63) is 29.6 Å². The van der Waals surface area contributed by atoms with Crippen molar-refractivity contribution in [1.82, 2.24) is 5.32 Å². The molecule has 3 heteroatoms. The van der Waals surface area contributed by atoms with E-state index in [9.17, 15) is 9.50 Å². The molecule has 2 N–H and O–H groups in total. The third kappa shape index (κ3) is 5.19. The molecule has 2 unspecified atom stereocenters. The number of unbranched alkanes of at least 4 members (excludes halogenated alkanes) is 1. The molecule has 1 rings (SSSR count). The Labute approximate surface area is 116 Å². The van der Waals surface area contributed by atoms with Crippen LogP contribution in [-0.4, -0.2) is 11.1 Å². The van der Waals surface area contributed by atoms with Gasteiger partial charge in [-0.3, -0.25) is 0 Å². The Balaban J connectivity index is 2.66. The molecule has 0 saturated heterocycles. The Kier molecular flexibility index (Phi) is 6.85. The number of hydrogen-bond acceptors (Lipinski definition) is 2. The van der Waals surface area contributed by atoms with Crippen LogP contribution in [0.4, 0.5) is 4.39 Å². The van der Waals surface area contributed by atoms with Crippen LogP contribution in [0.25, 0.3) is 0 Å². The van der Waals surface area contributed by atoms with E-state index in [1.807, 2.05) is 6.92 Å². The lowest BCUT2D eigenvalue weighted by molar-refractivity contribution is 0.388. The summed E-state index contributed by atoms with van der Waals surface area (Å²) in [4.78, 5) is 0. The first-order valence-corrected chi connectivity index (χ1v) is 7.32. The number of phenols is 1. The normalized spacial score (nSPS) is 14.3. The Hall–Kier alpha value is -1.09. The van der Waals surface area contributed by atoms with Gasteiger partial charge < -0.3 is 10.4 Å². The molecule has 2 atom stereocenters. The van der Waals surface area contributed by atoms with Gasteiger partial charge in [0.1, 0.15) is 11.6 Å². The highest BCUT2D eigenvalue weighted by Crippen LogP contribution is 2.22. The molecule has 0 fully saturated rings. The summed E-state index contributed by atoms with van der Waals surface area (Å²) >= 11 is 0. The van der Waals surface area contributed by atoms with Crippen molar-refractivity contribution in [2.75, 3.05) is 0 Å². The highest BCUT2D eigenvalue weighted by atomic mass is 19.1. The molecule has 0 saturated carbocycles. The average molecular weight is 267 g/mol. The number of rotatable bonds is 8. The van der Waals surface area contributed by atoms with E-state index in [1.54, 1.807) is 6.07 Å². The quantitative estimate of drug-likeness (QED) is 0.724. The van der Waals surface area contributed by atoms with E-state index in [4.69, 9.17) is 0 Å². The second kappa shape index (κ2) is 8.16. The van der Waals surface area contributed by atoms with Crippen LogP contribution in [0.5, 0.6) is 5.75 Å². The Morgan fingerprint density at radius 3 is 2.53 bits per heavy atom. The molecule has 2 nitrogen and oxygen atoms in total. The van der Waals surface area contributed by atoms with Crippen molar-refractivity contribution in [1.29, 1.82) is 0 Å². The molecule has 1 aromatic rings. The summed E-state index contributed by atoms with van der Waals surface area (Å²) in [5, 5.41) is 12.7. The SMILES string of the molecule is CCCCC(CCC)NC(C)c1ccc(O)cc1F. The lowest BCUT2D eigenvalue weighted by Gasteiger charge is -2.23. The van der Waals surface area contributed by atoms with Gasteiger partial charge in [0.05, 0.1) is 0 Å². The summed E-state index contributed by atoms with van der Waals surface area (Å²) < 4.78 is 13.8. The number of aromatic hydroxyl groups is 1. The van der Waals surface area contributed by atoms with E-state index in [0.29, 0.717) is 11.6 Å². The fraction of sp³-hybridized carbons (Fsp3) is 0.625. The maximum Gasteiger partial charge on any atom is 0.131 e. The fourth-order valence-corrected chi connectivity index (χ4v) is 2.42. The molecule has 0 aliphatic carbocycles. The molecule has 0 bridgehead atoms. The minimum atomic E-state index is -0.342. The van der Waals surface area contributed by atoms with Gasteiger partial charge in [-0.25, -0.2) is 4.39 Å². The first-order chi connectivity index (χ1) is 9.08. The van der Waals surface area contributed by atoms with E-state index < -0.39 is 0 Å². The predicted molar refractivity (Wildman–Crippen MR) is 77.8 cm³/mol. The molecule has 0 heterocycles. The van der Waals surface area contributed by atoms with Gasteiger partial charge in [0.15, 0.2) is 0 Å². The Morgan fingerprint density at radius 2 is 1.95 bits per heavy atom. The number of hydrogen-bond donors (Lipinski definition) is 2. The Bertz CT molecular complexity index is 381. The van der Waals surface area contributed by atoms with Crippen LogP contribution in [0.15, 0.2) is 18.2 Å². The number of nitrogens with one attached hydrogen (secondary N) is 1. The van der Waals surface area contributed by atoms with Gasteiger partial charge in [0, 0.05) is 23.7 Å². The van der Waals surface area contributed by atoms with Crippen molar-refractivity contribution in [2.24, 2.45) is 0 Å². The summed E-state index contributed by atoms with van der Waals surface area (Å²) in [5.41, 5.74) is 0.621. The van der Waals surface area contributed by atoms with Crippen LogP contribution in [-0.2, 0) is 0 Å².